The summed E-state index contributed by atoms with van der Waals surface area (Å²) in [6.45, 7) is 5.18. The highest BCUT2D eigenvalue weighted by Gasteiger charge is 2.24. The molecule has 1 amide bonds. The number of para-hydroxylation sites is 3. The minimum atomic E-state index is -0.222. The van der Waals surface area contributed by atoms with Crippen molar-refractivity contribution in [3.05, 3.63) is 61.2 Å². The van der Waals surface area contributed by atoms with Gasteiger partial charge in [0.1, 0.15) is 12.4 Å². The number of allylic oxidation sites excluding steroid dienone is 1. The molecular weight excluding hydrogens is 440 g/mol. The van der Waals surface area contributed by atoms with Crippen LogP contribution in [0.25, 0.3) is 11.4 Å². The fourth-order valence-electron chi connectivity index (χ4n) is 3.51. The number of aromatic nitrogens is 3. The largest absolute Gasteiger partial charge is 0.496 e. The molecule has 4 rings (SSSR count). The third-order valence-electron chi connectivity index (χ3n) is 5.17. The lowest BCUT2D eigenvalue weighted by atomic mass is 10.2. The Balaban J connectivity index is 1.40. The molecule has 0 fully saturated rings. The molecule has 0 saturated heterocycles. The van der Waals surface area contributed by atoms with Crippen LogP contribution in [0.2, 0.25) is 0 Å². The Morgan fingerprint density at radius 1 is 1.24 bits per heavy atom. The van der Waals surface area contributed by atoms with Gasteiger partial charge in [-0.25, -0.2) is 0 Å². The predicted molar refractivity (Wildman–Crippen MR) is 127 cm³/mol. The second-order valence-corrected chi connectivity index (χ2v) is 8.41. The van der Waals surface area contributed by atoms with Gasteiger partial charge in [-0.2, -0.15) is 0 Å². The lowest BCUT2D eigenvalue weighted by Gasteiger charge is -2.29. The quantitative estimate of drug-likeness (QED) is 0.353. The number of amides is 1. The number of carbonyl (C=O) groups excluding carboxylic acids is 1. The van der Waals surface area contributed by atoms with Crippen molar-refractivity contribution in [2.75, 3.05) is 33.1 Å². The van der Waals surface area contributed by atoms with Crippen molar-refractivity contribution in [3.63, 3.8) is 0 Å². The molecule has 0 spiro atoms. The van der Waals surface area contributed by atoms with Crippen LogP contribution in [0, 0.1) is 0 Å². The van der Waals surface area contributed by atoms with Gasteiger partial charge in [0.25, 0.3) is 0 Å². The van der Waals surface area contributed by atoms with Crippen LogP contribution in [0.15, 0.2) is 66.3 Å². The smallest absolute Gasteiger partial charge is 0.232 e. The van der Waals surface area contributed by atoms with E-state index in [9.17, 15) is 4.79 Å². The van der Waals surface area contributed by atoms with Gasteiger partial charge in [0.2, 0.25) is 5.91 Å². The molecule has 2 heterocycles. The SMILES string of the molecule is C=CCn1c(SCC(=O)N(C)CC2COc3ccccc3O2)nnc1-c1ccccc1OC. The maximum absolute atomic E-state index is 12.8. The van der Waals surface area contributed by atoms with Crippen LogP contribution in [-0.2, 0) is 11.3 Å². The first kappa shape index (κ1) is 22.7. The molecule has 1 unspecified atom stereocenters. The van der Waals surface area contributed by atoms with Crippen molar-refractivity contribution in [2.24, 2.45) is 0 Å². The molecule has 33 heavy (non-hydrogen) atoms. The lowest BCUT2D eigenvalue weighted by molar-refractivity contribution is -0.128. The van der Waals surface area contributed by atoms with Crippen LogP contribution in [0.5, 0.6) is 17.2 Å². The molecule has 1 aliphatic rings. The van der Waals surface area contributed by atoms with Gasteiger partial charge in [-0.15, -0.1) is 16.8 Å². The van der Waals surface area contributed by atoms with Crippen molar-refractivity contribution < 1.29 is 19.0 Å². The van der Waals surface area contributed by atoms with Crippen molar-refractivity contribution in [2.45, 2.75) is 17.8 Å². The van der Waals surface area contributed by atoms with Crippen molar-refractivity contribution >= 4 is 17.7 Å². The van der Waals surface area contributed by atoms with Crippen LogP contribution in [-0.4, -0.2) is 64.7 Å². The molecule has 0 bridgehead atoms. The second kappa shape index (κ2) is 10.4. The molecule has 9 heteroatoms. The molecule has 0 saturated carbocycles. The molecule has 0 N–H and O–H groups in total. The normalized spacial score (nSPS) is 14.5. The summed E-state index contributed by atoms with van der Waals surface area (Å²) in [5, 5.41) is 9.31. The summed E-state index contributed by atoms with van der Waals surface area (Å²) in [4.78, 5) is 14.5. The van der Waals surface area contributed by atoms with Gasteiger partial charge in [-0.3, -0.25) is 9.36 Å². The van der Waals surface area contributed by atoms with Crippen molar-refractivity contribution in [1.82, 2.24) is 19.7 Å². The minimum absolute atomic E-state index is 0.0329. The molecule has 8 nitrogen and oxygen atoms in total. The highest BCUT2D eigenvalue weighted by atomic mass is 32.2. The maximum atomic E-state index is 12.8. The van der Waals surface area contributed by atoms with Crippen LogP contribution in [0.3, 0.4) is 0 Å². The van der Waals surface area contributed by atoms with E-state index in [1.165, 1.54) is 11.8 Å². The van der Waals surface area contributed by atoms with Crippen LogP contribution < -0.4 is 14.2 Å². The summed E-state index contributed by atoms with van der Waals surface area (Å²) < 4.78 is 19.1. The molecule has 0 radical (unpaired) electrons. The summed E-state index contributed by atoms with van der Waals surface area (Å²) in [6.07, 6.45) is 1.55. The summed E-state index contributed by atoms with van der Waals surface area (Å²) in [6, 6.07) is 15.2. The molecule has 1 aliphatic heterocycles. The maximum Gasteiger partial charge on any atom is 0.232 e. The average Bonchev–Trinajstić information content (AvgIpc) is 3.24. The Hall–Kier alpha value is -3.46. The fourth-order valence-corrected chi connectivity index (χ4v) is 4.40. The first-order valence-corrected chi connectivity index (χ1v) is 11.5. The monoisotopic (exact) mass is 466 g/mol. The van der Waals surface area contributed by atoms with Crippen LogP contribution in [0.4, 0.5) is 0 Å². The molecule has 1 atom stereocenters. The van der Waals surface area contributed by atoms with Crippen molar-refractivity contribution in [3.8, 4) is 28.6 Å². The Kier molecular flexibility index (Phi) is 7.19. The van der Waals surface area contributed by atoms with Gasteiger partial charge in [0, 0.05) is 13.6 Å². The molecule has 2 aromatic carbocycles. The predicted octanol–water partition coefficient (Wildman–Crippen LogP) is 3.53. The van der Waals surface area contributed by atoms with E-state index in [4.69, 9.17) is 14.2 Å². The van der Waals surface area contributed by atoms with E-state index in [0.29, 0.717) is 42.2 Å². The summed E-state index contributed by atoms with van der Waals surface area (Å²) in [5.41, 5.74) is 0.833. The van der Waals surface area contributed by atoms with Crippen LogP contribution in [0.1, 0.15) is 0 Å². The van der Waals surface area contributed by atoms with Gasteiger partial charge in [0.05, 0.1) is 25.0 Å². The third-order valence-corrected chi connectivity index (χ3v) is 6.12. The van der Waals surface area contributed by atoms with Gasteiger partial charge in [-0.05, 0) is 24.3 Å². The van der Waals surface area contributed by atoms with Gasteiger partial charge in [0.15, 0.2) is 28.6 Å². The Morgan fingerprint density at radius 3 is 2.79 bits per heavy atom. The van der Waals surface area contributed by atoms with Gasteiger partial charge >= 0.3 is 0 Å². The number of rotatable bonds is 9. The lowest BCUT2D eigenvalue weighted by Crippen LogP contribution is -2.42. The van der Waals surface area contributed by atoms with Crippen LogP contribution >= 0.6 is 11.8 Å². The fraction of sp³-hybridized carbons (Fsp3) is 0.292. The van der Waals surface area contributed by atoms with E-state index in [1.807, 2.05) is 53.1 Å². The molecule has 172 valence electrons. The van der Waals surface area contributed by atoms with Gasteiger partial charge in [-0.1, -0.05) is 42.1 Å². The zero-order chi connectivity index (χ0) is 23.2. The highest BCUT2D eigenvalue weighted by Crippen LogP contribution is 2.32. The van der Waals surface area contributed by atoms with Gasteiger partial charge < -0.3 is 19.1 Å². The average molecular weight is 467 g/mol. The highest BCUT2D eigenvalue weighted by molar-refractivity contribution is 7.99. The number of hydrogen-bond acceptors (Lipinski definition) is 7. The number of fused-ring (bicyclic) bond motifs is 1. The number of nitrogens with zero attached hydrogens (tertiary/aromatic N) is 4. The minimum Gasteiger partial charge on any atom is -0.496 e. The standard InChI is InChI=1S/C24H26N4O4S/c1-4-13-28-23(18-9-5-6-10-19(18)30-3)25-26-24(28)33-16-22(29)27(2)14-17-15-31-20-11-7-8-12-21(20)32-17/h4-12,17H,1,13-16H2,2-3H3. The first-order chi connectivity index (χ1) is 16.1. The number of carbonyl (C=O) groups is 1. The number of methoxy groups -OCH3 is 1. The number of ether oxygens (including phenoxy) is 3. The summed E-state index contributed by atoms with van der Waals surface area (Å²) >= 11 is 1.34. The number of likely N-dealkylation sites (N-methyl/N-ethyl adjacent to an activating group) is 1. The molecule has 0 aliphatic carbocycles. The number of hydrogen-bond donors (Lipinski definition) is 0. The Bertz CT molecular complexity index is 1130. The van der Waals surface area contributed by atoms with E-state index in [0.717, 1.165) is 11.3 Å². The summed E-state index contributed by atoms with van der Waals surface area (Å²) in [5.74, 6) is 2.99. The first-order valence-electron chi connectivity index (χ1n) is 10.5. The molecule has 3 aromatic rings. The zero-order valence-electron chi connectivity index (χ0n) is 18.6. The van der Waals surface area contributed by atoms with E-state index in [1.54, 1.807) is 25.1 Å². The Morgan fingerprint density at radius 2 is 2.00 bits per heavy atom. The zero-order valence-corrected chi connectivity index (χ0v) is 19.5. The molecule has 1 aromatic heterocycles. The van der Waals surface area contributed by atoms with E-state index in [-0.39, 0.29) is 17.8 Å². The molecular formula is C24H26N4O4S. The third kappa shape index (κ3) is 5.14. The van der Waals surface area contributed by atoms with E-state index < -0.39 is 0 Å². The second-order valence-electron chi connectivity index (χ2n) is 7.47. The summed E-state index contributed by atoms with van der Waals surface area (Å²) in [7, 11) is 3.39. The van der Waals surface area contributed by atoms with E-state index in [2.05, 4.69) is 16.8 Å². The number of benzene rings is 2. The van der Waals surface area contributed by atoms with E-state index >= 15 is 0 Å². The Labute approximate surface area is 197 Å². The van der Waals surface area contributed by atoms with Crippen molar-refractivity contribution in [1.29, 1.82) is 0 Å². The topological polar surface area (TPSA) is 78.7 Å². The number of thioether (sulfide) groups is 1.